The molecule has 1 saturated heterocycles. The van der Waals surface area contributed by atoms with E-state index in [1.54, 1.807) is 31.2 Å². The number of nitrogens with zero attached hydrogens (tertiary/aromatic N) is 1. The first kappa shape index (κ1) is 21.6. The van der Waals surface area contributed by atoms with Crippen LogP contribution in [-0.2, 0) is 16.1 Å². The maximum atomic E-state index is 13.3. The number of ether oxygens (including phenoxy) is 1. The van der Waals surface area contributed by atoms with Gasteiger partial charge < -0.3 is 19.2 Å². The zero-order valence-electron chi connectivity index (χ0n) is 17.3. The number of carbonyl (C=O) groups excluding carboxylic acids is 2. The van der Waals surface area contributed by atoms with E-state index in [0.717, 1.165) is 5.56 Å². The highest BCUT2D eigenvalue weighted by molar-refractivity contribution is 6.46. The number of benzene rings is 2. The SMILES string of the molecule is COc1c(Cl)cc(C)cc1/C(O)=C1/C(=O)C(=O)N(Cc2ccc(F)cc2)C1c1ccco1. The second kappa shape index (κ2) is 8.51. The van der Waals surface area contributed by atoms with E-state index in [-0.39, 0.29) is 28.5 Å². The summed E-state index contributed by atoms with van der Waals surface area (Å²) in [6.07, 6.45) is 1.41. The first-order valence-corrected chi connectivity index (χ1v) is 10.1. The van der Waals surface area contributed by atoms with Crippen molar-refractivity contribution < 1.29 is 28.2 Å². The van der Waals surface area contributed by atoms with E-state index >= 15 is 0 Å². The molecule has 0 bridgehead atoms. The molecule has 2 heterocycles. The third-order valence-electron chi connectivity index (χ3n) is 5.27. The molecule has 0 radical (unpaired) electrons. The van der Waals surface area contributed by atoms with E-state index < -0.39 is 29.3 Å². The molecule has 3 aromatic rings. The van der Waals surface area contributed by atoms with Crippen molar-refractivity contribution in [1.82, 2.24) is 4.90 Å². The summed E-state index contributed by atoms with van der Waals surface area (Å²) >= 11 is 6.27. The summed E-state index contributed by atoms with van der Waals surface area (Å²) < 4.78 is 24.2. The number of aliphatic hydroxyl groups excluding tert-OH is 1. The number of Topliss-reactive ketones (excluding diaryl/α,β-unsaturated/α-hetero) is 1. The average molecular weight is 456 g/mol. The Bertz CT molecular complexity index is 1220. The Kier molecular flexibility index (Phi) is 5.76. The normalized spacial score (nSPS) is 17.8. The van der Waals surface area contributed by atoms with Crippen LogP contribution in [0.4, 0.5) is 4.39 Å². The summed E-state index contributed by atoms with van der Waals surface area (Å²) in [6.45, 7) is 1.79. The van der Waals surface area contributed by atoms with Crippen molar-refractivity contribution in [2.75, 3.05) is 7.11 Å². The zero-order chi connectivity index (χ0) is 23.0. The summed E-state index contributed by atoms with van der Waals surface area (Å²) in [5.41, 5.74) is 1.38. The van der Waals surface area contributed by atoms with Crippen LogP contribution in [0.15, 0.2) is 64.8 Å². The highest BCUT2D eigenvalue weighted by Crippen LogP contribution is 2.43. The Morgan fingerprint density at radius 1 is 1.22 bits per heavy atom. The zero-order valence-corrected chi connectivity index (χ0v) is 18.0. The number of furan rings is 1. The molecule has 2 aromatic carbocycles. The van der Waals surface area contributed by atoms with Gasteiger partial charge in [0.2, 0.25) is 0 Å². The van der Waals surface area contributed by atoms with Crippen molar-refractivity contribution in [1.29, 1.82) is 0 Å². The van der Waals surface area contributed by atoms with Crippen molar-refractivity contribution in [3.8, 4) is 5.75 Å². The van der Waals surface area contributed by atoms with Gasteiger partial charge in [-0.25, -0.2) is 4.39 Å². The molecular weight excluding hydrogens is 437 g/mol. The molecule has 1 aromatic heterocycles. The number of likely N-dealkylation sites (tertiary alicyclic amines) is 1. The third kappa shape index (κ3) is 3.76. The Morgan fingerprint density at radius 2 is 1.94 bits per heavy atom. The van der Waals surface area contributed by atoms with Gasteiger partial charge in [-0.15, -0.1) is 0 Å². The molecule has 1 amide bonds. The quantitative estimate of drug-likeness (QED) is 0.332. The minimum Gasteiger partial charge on any atom is -0.507 e. The maximum Gasteiger partial charge on any atom is 0.296 e. The van der Waals surface area contributed by atoms with Crippen LogP contribution in [0, 0.1) is 12.7 Å². The number of halogens is 2. The summed E-state index contributed by atoms with van der Waals surface area (Å²) in [5, 5.41) is 11.5. The Morgan fingerprint density at radius 3 is 2.56 bits per heavy atom. The highest BCUT2D eigenvalue weighted by Gasteiger charge is 2.47. The molecule has 0 aliphatic carbocycles. The van der Waals surface area contributed by atoms with Gasteiger partial charge >= 0.3 is 0 Å². The van der Waals surface area contributed by atoms with Crippen LogP contribution in [0.2, 0.25) is 5.02 Å². The smallest absolute Gasteiger partial charge is 0.296 e. The molecule has 0 saturated carbocycles. The van der Waals surface area contributed by atoms with Crippen molar-refractivity contribution in [3.05, 3.63) is 93.7 Å². The number of aryl methyl sites for hydroxylation is 1. The standard InChI is InChI=1S/C24H19ClFNO5/c1-13-10-16(23(31-2)17(25)11-13)21(28)19-20(18-4-3-9-32-18)27(24(30)22(19)29)12-14-5-7-15(26)8-6-14/h3-11,20,28H,12H2,1-2H3/b21-19-. The molecule has 1 atom stereocenters. The summed E-state index contributed by atoms with van der Waals surface area (Å²) in [4.78, 5) is 27.3. The number of methoxy groups -OCH3 is 1. The lowest BCUT2D eigenvalue weighted by molar-refractivity contribution is -0.140. The third-order valence-corrected chi connectivity index (χ3v) is 5.55. The number of amides is 1. The van der Waals surface area contributed by atoms with Gasteiger partial charge in [-0.2, -0.15) is 0 Å². The fraction of sp³-hybridized carbons (Fsp3) is 0.167. The number of hydrogen-bond donors (Lipinski definition) is 1. The first-order valence-electron chi connectivity index (χ1n) is 9.72. The minimum absolute atomic E-state index is 0.0126. The van der Waals surface area contributed by atoms with Crippen molar-refractivity contribution in [3.63, 3.8) is 0 Å². The number of hydrogen-bond acceptors (Lipinski definition) is 5. The van der Waals surface area contributed by atoms with Gasteiger partial charge in [0.15, 0.2) is 0 Å². The van der Waals surface area contributed by atoms with Crippen LogP contribution in [-0.4, -0.2) is 28.8 Å². The van der Waals surface area contributed by atoms with Crippen molar-refractivity contribution in [2.24, 2.45) is 0 Å². The lowest BCUT2D eigenvalue weighted by Gasteiger charge is -2.23. The first-order chi connectivity index (χ1) is 15.3. The number of carbonyl (C=O) groups is 2. The van der Waals surface area contributed by atoms with E-state index in [4.69, 9.17) is 20.8 Å². The molecule has 0 spiro atoms. The van der Waals surface area contributed by atoms with Crippen molar-refractivity contribution in [2.45, 2.75) is 19.5 Å². The van der Waals surface area contributed by atoms with Crippen molar-refractivity contribution >= 4 is 29.1 Å². The van der Waals surface area contributed by atoms with E-state index in [2.05, 4.69) is 0 Å². The van der Waals surface area contributed by atoms with E-state index in [1.807, 2.05) is 0 Å². The molecular formula is C24H19ClFNO5. The Labute approximate surface area is 188 Å². The summed E-state index contributed by atoms with van der Waals surface area (Å²) in [7, 11) is 1.39. The topological polar surface area (TPSA) is 80.0 Å². The molecule has 4 rings (SSSR count). The predicted octanol–water partition coefficient (Wildman–Crippen LogP) is 5.01. The molecule has 32 heavy (non-hydrogen) atoms. The molecule has 8 heteroatoms. The second-order valence-electron chi connectivity index (χ2n) is 7.40. The molecule has 164 valence electrons. The number of ketones is 1. The van der Waals surface area contributed by atoms with Gasteiger partial charge in [-0.05, 0) is 54.4 Å². The fourth-order valence-electron chi connectivity index (χ4n) is 3.83. The fourth-order valence-corrected chi connectivity index (χ4v) is 4.18. The van der Waals surface area contributed by atoms with E-state index in [0.29, 0.717) is 11.3 Å². The van der Waals surface area contributed by atoms with Gasteiger partial charge in [0, 0.05) is 6.54 Å². The van der Waals surface area contributed by atoms with Gasteiger partial charge in [0.05, 0.1) is 29.5 Å². The monoisotopic (exact) mass is 455 g/mol. The summed E-state index contributed by atoms with van der Waals surface area (Å²) in [6, 6.07) is 11.1. The molecule has 1 aliphatic rings. The van der Waals surface area contributed by atoms with E-state index in [1.165, 1.54) is 42.5 Å². The van der Waals surface area contributed by atoms with Gasteiger partial charge in [0.25, 0.3) is 11.7 Å². The highest BCUT2D eigenvalue weighted by atomic mass is 35.5. The van der Waals surface area contributed by atoms with Gasteiger partial charge in [-0.1, -0.05) is 23.7 Å². The Balaban J connectivity index is 1.88. The number of aliphatic hydroxyl groups is 1. The number of rotatable bonds is 5. The average Bonchev–Trinajstić information content (AvgIpc) is 3.37. The molecule has 1 aliphatic heterocycles. The predicted molar refractivity (Wildman–Crippen MR) is 116 cm³/mol. The molecule has 6 nitrogen and oxygen atoms in total. The maximum absolute atomic E-state index is 13.3. The van der Waals surface area contributed by atoms with Crippen LogP contribution in [0.5, 0.6) is 5.75 Å². The minimum atomic E-state index is -0.987. The van der Waals surface area contributed by atoms with Crippen LogP contribution in [0.3, 0.4) is 0 Å². The summed E-state index contributed by atoms with van der Waals surface area (Å²) in [5.74, 6) is -2.04. The van der Waals surface area contributed by atoms with Crippen LogP contribution in [0.25, 0.3) is 5.76 Å². The van der Waals surface area contributed by atoms with E-state index in [9.17, 15) is 19.1 Å². The molecule has 1 fully saturated rings. The van der Waals surface area contributed by atoms with Crippen LogP contribution >= 0.6 is 11.6 Å². The second-order valence-corrected chi connectivity index (χ2v) is 7.80. The molecule has 1 N–H and O–H groups in total. The van der Waals surface area contributed by atoms with Crippen LogP contribution < -0.4 is 4.74 Å². The Hall–Kier alpha value is -3.58. The van der Waals surface area contributed by atoms with Gasteiger partial charge in [-0.3, -0.25) is 9.59 Å². The largest absolute Gasteiger partial charge is 0.507 e. The lowest BCUT2D eigenvalue weighted by atomic mass is 9.97. The van der Waals surface area contributed by atoms with Crippen LogP contribution in [0.1, 0.15) is 28.5 Å². The molecule has 1 unspecified atom stereocenters. The lowest BCUT2D eigenvalue weighted by Crippen LogP contribution is -2.29. The van der Waals surface area contributed by atoms with Gasteiger partial charge in [0.1, 0.15) is 29.1 Å².